The van der Waals surface area contributed by atoms with Crippen molar-refractivity contribution in [3.8, 4) is 0 Å². The molecule has 1 aliphatic carbocycles. The molecule has 1 fully saturated rings. The maximum absolute atomic E-state index is 12.0. The fourth-order valence-electron chi connectivity index (χ4n) is 2.28. The number of hydrogen-bond donors (Lipinski definition) is 2. The molecule has 0 spiro atoms. The lowest BCUT2D eigenvalue weighted by Crippen LogP contribution is -2.32. The summed E-state index contributed by atoms with van der Waals surface area (Å²) < 4.78 is 0.410. The second-order valence-corrected chi connectivity index (χ2v) is 6.41. The van der Waals surface area contributed by atoms with Crippen molar-refractivity contribution in [2.45, 2.75) is 44.4 Å². The number of nitrogens with one attached hydrogen (secondary N) is 2. The van der Waals surface area contributed by atoms with E-state index in [1.807, 2.05) is 32.5 Å². The van der Waals surface area contributed by atoms with Crippen LogP contribution in [-0.4, -0.2) is 27.5 Å². The second kappa shape index (κ2) is 5.05. The van der Waals surface area contributed by atoms with Crippen LogP contribution in [0.5, 0.6) is 0 Å². The van der Waals surface area contributed by atoms with Crippen molar-refractivity contribution in [1.29, 1.82) is 0 Å². The average molecular weight is 267 g/mol. The number of aryl methyl sites for hydroxylation is 2. The molecule has 0 saturated heterocycles. The molecule has 0 amide bonds. The number of aromatic amines is 1. The molecule has 1 aromatic rings. The molecule has 1 aliphatic rings. The predicted molar refractivity (Wildman–Crippen MR) is 76.2 cm³/mol. The summed E-state index contributed by atoms with van der Waals surface area (Å²) in [5.74, 6) is 0.677. The molecular formula is C13H21N3OS. The first-order valence-electron chi connectivity index (χ1n) is 6.33. The van der Waals surface area contributed by atoms with E-state index in [1.165, 1.54) is 12.8 Å². The third kappa shape index (κ3) is 2.78. The van der Waals surface area contributed by atoms with Gasteiger partial charge in [0.2, 0.25) is 0 Å². The highest BCUT2D eigenvalue weighted by atomic mass is 32.2. The Morgan fingerprint density at radius 1 is 1.50 bits per heavy atom. The molecule has 2 rings (SSSR count). The quantitative estimate of drug-likeness (QED) is 0.856. The number of hydrogen-bond acceptors (Lipinski definition) is 4. The van der Waals surface area contributed by atoms with Gasteiger partial charge in [-0.15, -0.1) is 0 Å². The van der Waals surface area contributed by atoms with Crippen LogP contribution in [0.4, 0.5) is 0 Å². The first kappa shape index (κ1) is 13.6. The molecule has 5 heteroatoms. The average Bonchev–Trinajstić information content (AvgIpc) is 3.05. The molecule has 0 aliphatic heterocycles. The van der Waals surface area contributed by atoms with Crippen LogP contribution in [0.15, 0.2) is 4.79 Å². The highest BCUT2D eigenvalue weighted by Crippen LogP contribution is 2.46. The third-order valence-electron chi connectivity index (χ3n) is 3.67. The van der Waals surface area contributed by atoms with Crippen molar-refractivity contribution in [1.82, 2.24) is 15.3 Å². The lowest BCUT2D eigenvalue weighted by Gasteiger charge is -2.19. The molecule has 0 radical (unpaired) electrons. The summed E-state index contributed by atoms with van der Waals surface area (Å²) in [7, 11) is 0. The summed E-state index contributed by atoms with van der Waals surface area (Å²) in [4.78, 5) is 19.1. The first-order valence-corrected chi connectivity index (χ1v) is 7.56. The zero-order chi connectivity index (χ0) is 13.3. The highest BCUT2D eigenvalue weighted by molar-refractivity contribution is 8.00. The SMILES string of the molecule is CSC1(CNC(C)c2c(C)nc(C)[nH]c2=O)CC1. The van der Waals surface area contributed by atoms with E-state index in [1.54, 1.807) is 0 Å². The van der Waals surface area contributed by atoms with Crippen molar-refractivity contribution in [3.63, 3.8) is 0 Å². The number of H-pyrrole nitrogens is 1. The van der Waals surface area contributed by atoms with Gasteiger partial charge in [0.15, 0.2) is 0 Å². The highest BCUT2D eigenvalue weighted by Gasteiger charge is 2.41. The van der Waals surface area contributed by atoms with Gasteiger partial charge in [-0.2, -0.15) is 11.8 Å². The third-order valence-corrected chi connectivity index (χ3v) is 5.09. The Bertz CT molecular complexity index is 493. The lowest BCUT2D eigenvalue weighted by atomic mass is 10.1. The van der Waals surface area contributed by atoms with Gasteiger partial charge in [0.05, 0.1) is 5.56 Å². The fraction of sp³-hybridized carbons (Fsp3) is 0.692. The molecule has 100 valence electrons. The van der Waals surface area contributed by atoms with Crippen LogP contribution in [-0.2, 0) is 0 Å². The van der Waals surface area contributed by atoms with E-state index >= 15 is 0 Å². The van der Waals surface area contributed by atoms with Crippen molar-refractivity contribution in [2.24, 2.45) is 0 Å². The Balaban J connectivity index is 2.09. The van der Waals surface area contributed by atoms with E-state index in [4.69, 9.17) is 0 Å². The van der Waals surface area contributed by atoms with E-state index in [2.05, 4.69) is 21.5 Å². The number of nitrogens with zero attached hydrogens (tertiary/aromatic N) is 1. The Morgan fingerprint density at radius 3 is 2.67 bits per heavy atom. The van der Waals surface area contributed by atoms with Gasteiger partial charge in [-0.05, 0) is 39.9 Å². The zero-order valence-electron chi connectivity index (χ0n) is 11.5. The first-order chi connectivity index (χ1) is 8.47. The minimum Gasteiger partial charge on any atom is -0.310 e. The summed E-state index contributed by atoms with van der Waals surface area (Å²) in [6.07, 6.45) is 4.70. The Kier molecular flexibility index (Phi) is 3.82. The van der Waals surface area contributed by atoms with Crippen LogP contribution in [0.1, 0.15) is 42.9 Å². The van der Waals surface area contributed by atoms with Crippen LogP contribution >= 0.6 is 11.8 Å². The van der Waals surface area contributed by atoms with Gasteiger partial charge < -0.3 is 10.3 Å². The largest absolute Gasteiger partial charge is 0.310 e. The summed E-state index contributed by atoms with van der Waals surface area (Å²) in [5.41, 5.74) is 1.57. The number of rotatable bonds is 5. The van der Waals surface area contributed by atoms with Crippen LogP contribution in [0.2, 0.25) is 0 Å². The predicted octanol–water partition coefficient (Wildman–Crippen LogP) is 1.93. The summed E-state index contributed by atoms with van der Waals surface area (Å²) in [6, 6.07) is 0.0477. The Labute approximate surface area is 112 Å². The molecule has 1 unspecified atom stereocenters. The van der Waals surface area contributed by atoms with E-state index < -0.39 is 0 Å². The molecule has 1 heterocycles. The fourth-order valence-corrected chi connectivity index (χ4v) is 3.02. The molecule has 1 aromatic heterocycles. The smallest absolute Gasteiger partial charge is 0.255 e. The number of aromatic nitrogens is 2. The monoisotopic (exact) mass is 267 g/mol. The molecule has 1 saturated carbocycles. The van der Waals surface area contributed by atoms with E-state index in [0.29, 0.717) is 10.6 Å². The molecular weight excluding hydrogens is 246 g/mol. The van der Waals surface area contributed by atoms with Crippen LogP contribution in [0.3, 0.4) is 0 Å². The molecule has 1 atom stereocenters. The minimum absolute atomic E-state index is 0.0194. The van der Waals surface area contributed by atoms with E-state index in [0.717, 1.165) is 17.8 Å². The van der Waals surface area contributed by atoms with Crippen molar-refractivity contribution in [3.05, 3.63) is 27.4 Å². The standard InChI is InChI=1S/C13H21N3OS/c1-8(14-7-13(18-4)5-6-13)11-9(2)15-10(3)16-12(11)17/h8,14H,5-7H2,1-4H3,(H,15,16,17). The molecule has 0 bridgehead atoms. The zero-order valence-corrected chi connectivity index (χ0v) is 12.3. The van der Waals surface area contributed by atoms with E-state index in [-0.39, 0.29) is 11.6 Å². The number of thioether (sulfide) groups is 1. The van der Waals surface area contributed by atoms with Gasteiger partial charge in [0.1, 0.15) is 5.82 Å². The van der Waals surface area contributed by atoms with Crippen molar-refractivity contribution < 1.29 is 0 Å². The maximum atomic E-state index is 12.0. The molecule has 2 N–H and O–H groups in total. The van der Waals surface area contributed by atoms with E-state index in [9.17, 15) is 4.79 Å². The van der Waals surface area contributed by atoms with Gasteiger partial charge in [-0.3, -0.25) is 4.79 Å². The van der Waals surface area contributed by atoms with Crippen molar-refractivity contribution in [2.75, 3.05) is 12.8 Å². The van der Waals surface area contributed by atoms with Gasteiger partial charge >= 0.3 is 0 Å². The molecule has 18 heavy (non-hydrogen) atoms. The topological polar surface area (TPSA) is 57.8 Å². The molecule has 0 aromatic carbocycles. The van der Waals surface area contributed by atoms with Crippen LogP contribution in [0, 0.1) is 13.8 Å². The molecule has 4 nitrogen and oxygen atoms in total. The second-order valence-electron chi connectivity index (χ2n) is 5.14. The van der Waals surface area contributed by atoms with Crippen LogP contribution in [0.25, 0.3) is 0 Å². The van der Waals surface area contributed by atoms with Crippen LogP contribution < -0.4 is 10.9 Å². The normalized spacial score (nSPS) is 18.7. The summed E-state index contributed by atoms with van der Waals surface area (Å²) in [6.45, 7) is 6.70. The van der Waals surface area contributed by atoms with Crippen molar-refractivity contribution >= 4 is 11.8 Å². The van der Waals surface area contributed by atoms with Gasteiger partial charge in [-0.1, -0.05) is 0 Å². The Hall–Kier alpha value is -0.810. The lowest BCUT2D eigenvalue weighted by molar-refractivity contribution is 0.553. The van der Waals surface area contributed by atoms with Gasteiger partial charge in [0, 0.05) is 23.0 Å². The summed E-state index contributed by atoms with van der Waals surface area (Å²) in [5, 5.41) is 3.47. The Morgan fingerprint density at radius 2 is 2.17 bits per heavy atom. The van der Waals surface area contributed by atoms with Gasteiger partial charge in [0.25, 0.3) is 5.56 Å². The maximum Gasteiger partial charge on any atom is 0.255 e. The van der Waals surface area contributed by atoms with Gasteiger partial charge in [-0.25, -0.2) is 4.98 Å². The summed E-state index contributed by atoms with van der Waals surface area (Å²) >= 11 is 1.92. The minimum atomic E-state index is -0.0194.